The van der Waals surface area contributed by atoms with Gasteiger partial charge in [0, 0.05) is 0 Å². The minimum atomic E-state index is 0.0598. The molecular formula is C12H24O2. The standard InChI is InChI=1S/C12H24O2/c1-3-5-7-12(8-6-4-2)11-13-9-10-14-12/h3-11H2,1-2H3. The molecule has 1 heterocycles. The Morgan fingerprint density at radius 3 is 2.07 bits per heavy atom. The van der Waals surface area contributed by atoms with Crippen LogP contribution in [0, 0.1) is 0 Å². The molecule has 1 rings (SSSR count). The number of ether oxygens (including phenoxy) is 2. The molecule has 0 aromatic rings. The summed E-state index contributed by atoms with van der Waals surface area (Å²) in [6.07, 6.45) is 7.35. The molecular weight excluding hydrogens is 176 g/mol. The first kappa shape index (κ1) is 12.0. The Hall–Kier alpha value is -0.0800. The van der Waals surface area contributed by atoms with Gasteiger partial charge >= 0.3 is 0 Å². The van der Waals surface area contributed by atoms with Crippen LogP contribution >= 0.6 is 0 Å². The van der Waals surface area contributed by atoms with Crippen LogP contribution in [0.5, 0.6) is 0 Å². The second kappa shape index (κ2) is 6.41. The van der Waals surface area contributed by atoms with Crippen molar-refractivity contribution in [2.45, 2.75) is 58.0 Å². The van der Waals surface area contributed by atoms with E-state index >= 15 is 0 Å². The van der Waals surface area contributed by atoms with Crippen LogP contribution in [0.1, 0.15) is 52.4 Å². The molecule has 0 radical (unpaired) electrons. The third-order valence-corrected chi connectivity index (χ3v) is 2.97. The van der Waals surface area contributed by atoms with Gasteiger partial charge in [-0.1, -0.05) is 39.5 Å². The molecule has 0 aliphatic carbocycles. The summed E-state index contributed by atoms with van der Waals surface area (Å²) in [5, 5.41) is 0. The second-order valence-corrected chi connectivity index (χ2v) is 4.29. The normalized spacial score (nSPS) is 21.0. The molecule has 1 saturated heterocycles. The largest absolute Gasteiger partial charge is 0.376 e. The highest BCUT2D eigenvalue weighted by atomic mass is 16.6. The fraction of sp³-hybridized carbons (Fsp3) is 1.00. The maximum Gasteiger partial charge on any atom is 0.0916 e. The Morgan fingerprint density at radius 2 is 1.64 bits per heavy atom. The monoisotopic (exact) mass is 200 g/mol. The van der Waals surface area contributed by atoms with Crippen LogP contribution in [-0.4, -0.2) is 25.4 Å². The molecule has 0 aromatic heterocycles. The highest BCUT2D eigenvalue weighted by molar-refractivity contribution is 4.82. The van der Waals surface area contributed by atoms with Crippen molar-refractivity contribution in [1.29, 1.82) is 0 Å². The van der Waals surface area contributed by atoms with E-state index in [1.165, 1.54) is 38.5 Å². The number of unbranched alkanes of at least 4 members (excludes halogenated alkanes) is 2. The molecule has 0 bridgehead atoms. The zero-order valence-electron chi connectivity index (χ0n) is 9.68. The van der Waals surface area contributed by atoms with E-state index in [-0.39, 0.29) is 5.60 Å². The van der Waals surface area contributed by atoms with Crippen LogP contribution in [0.3, 0.4) is 0 Å². The lowest BCUT2D eigenvalue weighted by Gasteiger charge is -2.37. The molecule has 0 atom stereocenters. The Bertz CT molecular complexity index is 129. The van der Waals surface area contributed by atoms with Crippen molar-refractivity contribution in [2.75, 3.05) is 19.8 Å². The van der Waals surface area contributed by atoms with Gasteiger partial charge in [-0.25, -0.2) is 0 Å². The van der Waals surface area contributed by atoms with Crippen molar-refractivity contribution < 1.29 is 9.47 Å². The van der Waals surface area contributed by atoms with Crippen molar-refractivity contribution in [2.24, 2.45) is 0 Å². The smallest absolute Gasteiger partial charge is 0.0916 e. The molecule has 0 spiro atoms. The molecule has 84 valence electrons. The van der Waals surface area contributed by atoms with Crippen molar-refractivity contribution in [3.8, 4) is 0 Å². The quantitative estimate of drug-likeness (QED) is 0.655. The second-order valence-electron chi connectivity index (χ2n) is 4.29. The van der Waals surface area contributed by atoms with E-state index in [9.17, 15) is 0 Å². The van der Waals surface area contributed by atoms with Gasteiger partial charge in [-0.2, -0.15) is 0 Å². The van der Waals surface area contributed by atoms with Crippen LogP contribution in [-0.2, 0) is 9.47 Å². The summed E-state index contributed by atoms with van der Waals surface area (Å²) in [4.78, 5) is 0. The average Bonchev–Trinajstić information content (AvgIpc) is 2.25. The zero-order chi connectivity index (χ0) is 10.3. The van der Waals surface area contributed by atoms with Crippen LogP contribution in [0.25, 0.3) is 0 Å². The minimum absolute atomic E-state index is 0.0598. The van der Waals surface area contributed by atoms with Crippen molar-refractivity contribution in [3.05, 3.63) is 0 Å². The summed E-state index contributed by atoms with van der Waals surface area (Å²) in [6.45, 7) is 6.84. The van der Waals surface area contributed by atoms with Crippen LogP contribution < -0.4 is 0 Å². The Balaban J connectivity index is 2.39. The molecule has 0 aromatic carbocycles. The first-order valence-corrected chi connectivity index (χ1v) is 6.05. The van der Waals surface area contributed by atoms with E-state index in [0.29, 0.717) is 0 Å². The van der Waals surface area contributed by atoms with Crippen LogP contribution in [0.15, 0.2) is 0 Å². The number of hydrogen-bond acceptors (Lipinski definition) is 2. The van der Waals surface area contributed by atoms with Gasteiger partial charge in [0.1, 0.15) is 0 Å². The van der Waals surface area contributed by atoms with Gasteiger partial charge < -0.3 is 9.47 Å². The predicted molar refractivity (Wildman–Crippen MR) is 58.6 cm³/mol. The highest BCUT2D eigenvalue weighted by Gasteiger charge is 2.32. The molecule has 0 N–H and O–H groups in total. The average molecular weight is 200 g/mol. The summed E-state index contributed by atoms with van der Waals surface area (Å²) in [6, 6.07) is 0. The third-order valence-electron chi connectivity index (χ3n) is 2.97. The fourth-order valence-corrected chi connectivity index (χ4v) is 2.03. The number of rotatable bonds is 6. The third kappa shape index (κ3) is 3.58. The van der Waals surface area contributed by atoms with Gasteiger partial charge in [0.05, 0.1) is 25.4 Å². The molecule has 0 amide bonds. The number of hydrogen-bond donors (Lipinski definition) is 0. The summed E-state index contributed by atoms with van der Waals surface area (Å²) in [5.74, 6) is 0. The fourth-order valence-electron chi connectivity index (χ4n) is 2.03. The van der Waals surface area contributed by atoms with Crippen molar-refractivity contribution in [1.82, 2.24) is 0 Å². The molecule has 14 heavy (non-hydrogen) atoms. The molecule has 0 saturated carbocycles. The molecule has 0 unspecified atom stereocenters. The summed E-state index contributed by atoms with van der Waals surface area (Å²) < 4.78 is 11.5. The molecule has 1 aliphatic rings. The van der Waals surface area contributed by atoms with Crippen molar-refractivity contribution in [3.63, 3.8) is 0 Å². The molecule has 2 nitrogen and oxygen atoms in total. The highest BCUT2D eigenvalue weighted by Crippen LogP contribution is 2.28. The van der Waals surface area contributed by atoms with Gasteiger partial charge in [0.2, 0.25) is 0 Å². The van der Waals surface area contributed by atoms with Gasteiger partial charge in [-0.05, 0) is 12.8 Å². The lowest BCUT2D eigenvalue weighted by molar-refractivity contribution is -0.165. The van der Waals surface area contributed by atoms with E-state index in [1.807, 2.05) is 0 Å². The summed E-state index contributed by atoms with van der Waals surface area (Å²) in [5.41, 5.74) is 0.0598. The van der Waals surface area contributed by atoms with Gasteiger partial charge in [-0.15, -0.1) is 0 Å². The lowest BCUT2D eigenvalue weighted by Crippen LogP contribution is -2.43. The topological polar surface area (TPSA) is 18.5 Å². The van der Waals surface area contributed by atoms with Crippen molar-refractivity contribution >= 4 is 0 Å². The molecule has 1 fully saturated rings. The Kier molecular flexibility index (Phi) is 5.49. The summed E-state index contributed by atoms with van der Waals surface area (Å²) >= 11 is 0. The lowest BCUT2D eigenvalue weighted by atomic mass is 9.91. The zero-order valence-corrected chi connectivity index (χ0v) is 9.68. The molecule has 1 aliphatic heterocycles. The maximum atomic E-state index is 5.94. The van der Waals surface area contributed by atoms with E-state index in [4.69, 9.17) is 9.47 Å². The van der Waals surface area contributed by atoms with E-state index < -0.39 is 0 Å². The first-order valence-electron chi connectivity index (χ1n) is 6.05. The van der Waals surface area contributed by atoms with E-state index in [0.717, 1.165) is 19.8 Å². The van der Waals surface area contributed by atoms with Gasteiger partial charge in [0.15, 0.2) is 0 Å². The maximum absolute atomic E-state index is 5.94. The van der Waals surface area contributed by atoms with Gasteiger partial charge in [0.25, 0.3) is 0 Å². The SMILES string of the molecule is CCCCC1(CCCC)COCCO1. The predicted octanol–water partition coefficient (Wildman–Crippen LogP) is 3.15. The summed E-state index contributed by atoms with van der Waals surface area (Å²) in [7, 11) is 0. The van der Waals surface area contributed by atoms with Crippen LogP contribution in [0.4, 0.5) is 0 Å². The minimum Gasteiger partial charge on any atom is -0.376 e. The Labute approximate surface area is 88.0 Å². The molecule has 2 heteroatoms. The Morgan fingerprint density at radius 1 is 1.00 bits per heavy atom. The van der Waals surface area contributed by atoms with Crippen LogP contribution in [0.2, 0.25) is 0 Å². The van der Waals surface area contributed by atoms with E-state index in [2.05, 4.69) is 13.8 Å². The first-order chi connectivity index (χ1) is 6.83. The van der Waals surface area contributed by atoms with E-state index in [1.54, 1.807) is 0 Å². The van der Waals surface area contributed by atoms with Gasteiger partial charge in [-0.3, -0.25) is 0 Å².